The molecule has 4 aromatic rings. The van der Waals surface area contributed by atoms with E-state index < -0.39 is 9.84 Å². The molecule has 2 aliphatic rings. The molecular formula is C38H48N10O3S. The molecule has 6 rings (SSSR count). The first-order valence-electron chi connectivity index (χ1n) is 18.2. The highest BCUT2D eigenvalue weighted by Crippen LogP contribution is 2.41. The minimum absolute atomic E-state index is 0.0684. The average Bonchev–Trinajstić information content (AvgIpc) is 3.72. The Balaban J connectivity index is 1.10. The molecular weight excluding hydrogens is 677 g/mol. The number of piperidine rings is 1. The van der Waals surface area contributed by atoms with Gasteiger partial charge in [-0.25, -0.2) is 23.2 Å². The fourth-order valence-corrected chi connectivity index (χ4v) is 9.70. The Bertz CT molecular complexity index is 1960. The molecule has 1 aromatic carbocycles. The second-order valence-electron chi connectivity index (χ2n) is 14.1. The lowest BCUT2D eigenvalue weighted by atomic mass is 9.79. The molecule has 1 spiro atoms. The zero-order chi connectivity index (χ0) is 36.6. The molecule has 2 atom stereocenters. The zero-order valence-electron chi connectivity index (χ0n) is 30.0. The molecule has 52 heavy (non-hydrogen) atoms. The Morgan fingerprint density at radius 2 is 1.90 bits per heavy atom. The molecule has 2 aliphatic heterocycles. The SMILES string of the molecule is CCC[C@@H](CCCCNc1ncc(C#N)c(N2CCCC3(CCS(=O)(=O)C3)C2)n1)N(C(=O)NCc1ccccc1)c1ccc(-c2cnn(C)c2)cn1. The van der Waals surface area contributed by atoms with Crippen LogP contribution in [0.25, 0.3) is 11.1 Å². The number of urea groups is 1. The van der Waals surface area contributed by atoms with Crippen LogP contribution in [-0.4, -0.2) is 76.4 Å². The van der Waals surface area contributed by atoms with Crippen molar-refractivity contribution in [1.82, 2.24) is 30.0 Å². The second-order valence-corrected chi connectivity index (χ2v) is 16.3. The lowest BCUT2D eigenvalue weighted by Gasteiger charge is -2.40. The van der Waals surface area contributed by atoms with Crippen LogP contribution in [0.4, 0.5) is 22.4 Å². The Hall–Kier alpha value is -5.03. The Labute approximate surface area is 306 Å². The van der Waals surface area contributed by atoms with Gasteiger partial charge in [0, 0.05) is 68.2 Å². The number of anilines is 3. The van der Waals surface area contributed by atoms with Gasteiger partial charge < -0.3 is 15.5 Å². The number of hydrogen-bond acceptors (Lipinski definition) is 10. The molecule has 0 aliphatic carbocycles. The number of aryl methyl sites for hydroxylation is 1. The summed E-state index contributed by atoms with van der Waals surface area (Å²) in [6.45, 7) is 4.46. The fraction of sp³-hybridized carbons (Fsp3) is 0.474. The normalized spacial score (nSPS) is 18.5. The van der Waals surface area contributed by atoms with Gasteiger partial charge in [-0.3, -0.25) is 9.58 Å². The zero-order valence-corrected chi connectivity index (χ0v) is 30.9. The van der Waals surface area contributed by atoms with Gasteiger partial charge in [-0.2, -0.15) is 15.3 Å². The predicted octanol–water partition coefficient (Wildman–Crippen LogP) is 5.72. The van der Waals surface area contributed by atoms with Crippen molar-refractivity contribution in [1.29, 1.82) is 5.26 Å². The molecule has 2 fully saturated rings. The number of nitrogens with zero attached hydrogens (tertiary/aromatic N) is 8. The van der Waals surface area contributed by atoms with E-state index in [0.29, 0.717) is 49.2 Å². The Morgan fingerprint density at radius 3 is 2.60 bits per heavy atom. The van der Waals surface area contributed by atoms with Crippen LogP contribution in [0, 0.1) is 16.7 Å². The smallest absolute Gasteiger partial charge is 0.323 e. The summed E-state index contributed by atoms with van der Waals surface area (Å²) in [5, 5.41) is 20.6. The first-order chi connectivity index (χ1) is 25.2. The summed E-state index contributed by atoms with van der Waals surface area (Å²) in [6.07, 6.45) is 13.6. The summed E-state index contributed by atoms with van der Waals surface area (Å²) in [5.41, 5.74) is 3.02. The van der Waals surface area contributed by atoms with E-state index in [4.69, 9.17) is 9.97 Å². The number of amides is 2. The number of rotatable bonds is 14. The lowest BCUT2D eigenvalue weighted by molar-refractivity contribution is 0.242. The maximum absolute atomic E-state index is 13.9. The number of pyridine rings is 1. The van der Waals surface area contributed by atoms with Gasteiger partial charge in [-0.05, 0) is 62.6 Å². The number of hydrogen-bond donors (Lipinski definition) is 2. The van der Waals surface area contributed by atoms with Gasteiger partial charge in [0.05, 0.1) is 23.9 Å². The number of aromatic nitrogens is 5. The molecule has 0 bridgehead atoms. The van der Waals surface area contributed by atoms with E-state index in [1.165, 1.54) is 0 Å². The first-order valence-corrected chi connectivity index (χ1v) is 20.0. The van der Waals surface area contributed by atoms with Crippen molar-refractivity contribution in [3.63, 3.8) is 0 Å². The van der Waals surface area contributed by atoms with Gasteiger partial charge in [-0.15, -0.1) is 0 Å². The van der Waals surface area contributed by atoms with Crippen LogP contribution in [0.1, 0.15) is 69.4 Å². The fourth-order valence-electron chi connectivity index (χ4n) is 7.50. The monoisotopic (exact) mass is 724 g/mol. The van der Waals surface area contributed by atoms with Crippen molar-refractivity contribution < 1.29 is 13.2 Å². The summed E-state index contributed by atoms with van der Waals surface area (Å²) in [6, 6.07) is 15.7. The molecule has 2 amide bonds. The van der Waals surface area contributed by atoms with E-state index in [0.717, 1.165) is 68.2 Å². The van der Waals surface area contributed by atoms with Crippen LogP contribution in [0.15, 0.2) is 67.3 Å². The van der Waals surface area contributed by atoms with E-state index in [9.17, 15) is 18.5 Å². The van der Waals surface area contributed by atoms with Gasteiger partial charge in [0.25, 0.3) is 0 Å². The Kier molecular flexibility index (Phi) is 11.7. The number of sulfone groups is 1. The van der Waals surface area contributed by atoms with Gasteiger partial charge in [0.1, 0.15) is 17.5 Å². The van der Waals surface area contributed by atoms with Crippen molar-refractivity contribution in [3.8, 4) is 17.2 Å². The third-order valence-electron chi connectivity index (χ3n) is 10.1. The van der Waals surface area contributed by atoms with Gasteiger partial charge in [0.2, 0.25) is 5.95 Å². The van der Waals surface area contributed by atoms with Crippen molar-refractivity contribution in [2.45, 2.75) is 70.9 Å². The van der Waals surface area contributed by atoms with E-state index in [2.05, 4.69) is 38.6 Å². The summed E-state index contributed by atoms with van der Waals surface area (Å²) in [4.78, 5) is 31.7. The highest BCUT2D eigenvalue weighted by molar-refractivity contribution is 7.91. The predicted molar refractivity (Wildman–Crippen MR) is 203 cm³/mol. The molecule has 1 unspecified atom stereocenters. The van der Waals surface area contributed by atoms with Crippen molar-refractivity contribution in [2.24, 2.45) is 12.5 Å². The molecule has 2 N–H and O–H groups in total. The van der Waals surface area contributed by atoms with Gasteiger partial charge in [0.15, 0.2) is 15.7 Å². The maximum atomic E-state index is 13.9. The highest BCUT2D eigenvalue weighted by atomic mass is 32.2. The van der Waals surface area contributed by atoms with Gasteiger partial charge >= 0.3 is 6.03 Å². The van der Waals surface area contributed by atoms with E-state index in [1.807, 2.05) is 60.6 Å². The molecule has 274 valence electrons. The van der Waals surface area contributed by atoms with E-state index in [-0.39, 0.29) is 29.0 Å². The van der Waals surface area contributed by atoms with Crippen LogP contribution in [0.2, 0.25) is 0 Å². The number of benzene rings is 1. The molecule has 14 heteroatoms. The van der Waals surface area contributed by atoms with Crippen molar-refractivity contribution in [3.05, 3.63) is 78.4 Å². The summed E-state index contributed by atoms with van der Waals surface area (Å²) in [5.74, 6) is 2.03. The number of carbonyl (C=O) groups is 1. The summed E-state index contributed by atoms with van der Waals surface area (Å²) < 4.78 is 26.4. The number of unbranched alkanes of at least 4 members (excludes halogenated alkanes) is 1. The lowest BCUT2D eigenvalue weighted by Crippen LogP contribution is -2.46. The molecule has 2 saturated heterocycles. The number of nitrogens with one attached hydrogen (secondary N) is 2. The third kappa shape index (κ3) is 9.06. The van der Waals surface area contributed by atoms with Crippen LogP contribution in [-0.2, 0) is 23.4 Å². The maximum Gasteiger partial charge on any atom is 0.323 e. The molecule has 0 saturated carbocycles. The molecule has 3 aromatic heterocycles. The number of nitriles is 1. The van der Waals surface area contributed by atoms with Crippen LogP contribution < -0.4 is 20.4 Å². The number of carbonyl (C=O) groups excluding carboxylic acids is 1. The van der Waals surface area contributed by atoms with Crippen LogP contribution in [0.3, 0.4) is 0 Å². The van der Waals surface area contributed by atoms with Crippen molar-refractivity contribution in [2.75, 3.05) is 46.3 Å². The second kappa shape index (κ2) is 16.5. The quantitative estimate of drug-likeness (QED) is 0.154. The van der Waals surface area contributed by atoms with Crippen LogP contribution >= 0.6 is 0 Å². The van der Waals surface area contributed by atoms with E-state index >= 15 is 0 Å². The molecule has 5 heterocycles. The molecule has 13 nitrogen and oxygen atoms in total. The van der Waals surface area contributed by atoms with E-state index in [1.54, 1.807) is 23.3 Å². The third-order valence-corrected chi connectivity index (χ3v) is 12.0. The molecule has 0 radical (unpaired) electrons. The highest BCUT2D eigenvalue weighted by Gasteiger charge is 2.45. The van der Waals surface area contributed by atoms with Crippen LogP contribution in [0.5, 0.6) is 0 Å². The first kappa shape index (κ1) is 36.8. The van der Waals surface area contributed by atoms with Crippen molar-refractivity contribution >= 4 is 33.5 Å². The summed E-state index contributed by atoms with van der Waals surface area (Å²) >= 11 is 0. The Morgan fingerprint density at radius 1 is 1.06 bits per heavy atom. The van der Waals surface area contributed by atoms with Gasteiger partial charge in [-0.1, -0.05) is 43.7 Å². The topological polar surface area (TPSA) is 162 Å². The largest absolute Gasteiger partial charge is 0.355 e. The minimum Gasteiger partial charge on any atom is -0.355 e. The average molecular weight is 725 g/mol. The summed E-state index contributed by atoms with van der Waals surface area (Å²) in [7, 11) is -1.16. The minimum atomic E-state index is -3.03. The standard InChI is InChI=1S/C38H48N10O3S/c1-3-10-33(48(37(49)43-22-29-11-5-4-6-12-29)34-15-14-30(23-41-34)32-25-44-46(2)26-32)13-7-8-18-40-36-42-24-31(21-39)35(45-36)47-19-9-16-38(27-47)17-20-52(50,51)28-38/h4-6,11-12,14-15,23-26,33H,3,7-10,13,16-20,22,27-28H2,1-2H3,(H,43,49)(H,40,42,45)/t33-,38?/m0/s1.